The average molecular weight is 1140 g/mol. The van der Waals surface area contributed by atoms with Gasteiger partial charge in [-0.1, -0.05) is 324 Å². The van der Waals surface area contributed by atoms with Gasteiger partial charge in [0.1, 0.15) is 24.4 Å². The summed E-state index contributed by atoms with van der Waals surface area (Å²) in [7, 11) is 0. The van der Waals surface area contributed by atoms with Crippen LogP contribution < -0.4 is 5.32 Å². The van der Waals surface area contributed by atoms with Crippen molar-refractivity contribution < 1.29 is 39.8 Å². The minimum atomic E-state index is -1.56. The molecule has 1 rings (SSSR count). The molecule has 1 aliphatic rings. The first-order valence-corrected chi connectivity index (χ1v) is 34.6. The number of unbranched alkanes of at least 4 members (excludes halogenated alkanes) is 38. The number of aliphatic hydroxyl groups is 5. The standard InChI is InChI=1S/C72H131NO8/c1-3-5-7-9-11-13-15-17-19-21-23-25-27-29-30-31-32-33-34-35-36-38-39-41-43-45-47-49-51-53-55-57-59-61-66(75)65(64-80-72-71(79)70(78)69(77)67(63-74)81-72)73-68(76)62-60-58-56-54-52-50-48-46-44-42-40-37-28-26-24-22-20-18-16-14-12-10-8-6-4-2/h6,8,12,14,18,20,24,26,37,40,44,46,65-67,69-72,74-75,77-79H,3-5,7,9-11,13,15-17,19,21-23,25,27-36,38-39,41-43,45,47-64H2,1-2H3,(H,73,76)/b8-6-,14-12-,20-18-,26-24-,40-37-,46-44-. The zero-order valence-corrected chi connectivity index (χ0v) is 52.8. The fourth-order valence-corrected chi connectivity index (χ4v) is 10.9. The van der Waals surface area contributed by atoms with Crippen LogP contribution in [-0.2, 0) is 14.3 Å². The molecule has 0 spiro atoms. The van der Waals surface area contributed by atoms with E-state index in [0.717, 1.165) is 96.3 Å². The predicted octanol–water partition coefficient (Wildman–Crippen LogP) is 18.8. The van der Waals surface area contributed by atoms with Crippen molar-refractivity contribution in [2.24, 2.45) is 0 Å². The van der Waals surface area contributed by atoms with Crippen LogP contribution in [0.15, 0.2) is 72.9 Å². The molecule has 9 heteroatoms. The number of hydrogen-bond acceptors (Lipinski definition) is 8. The number of carbonyl (C=O) groups excluding carboxylic acids is 1. The van der Waals surface area contributed by atoms with Gasteiger partial charge in [-0.3, -0.25) is 4.79 Å². The fourth-order valence-electron chi connectivity index (χ4n) is 10.9. The SMILES string of the molecule is CC/C=C\C/C=C\C/C=C\C/C=C\C/C=C\C/C=C\CCCCCCCCC(=O)NC(COC1OC(CO)C(O)C(O)C1O)C(O)CCCCCCCCCCCCCCCCCCCCCCCCCCCCCCCCCCC. The number of aliphatic hydroxyl groups excluding tert-OH is 5. The Bertz CT molecular complexity index is 1510. The highest BCUT2D eigenvalue weighted by molar-refractivity contribution is 5.76. The van der Waals surface area contributed by atoms with Crippen molar-refractivity contribution in [2.75, 3.05) is 13.2 Å². The van der Waals surface area contributed by atoms with Gasteiger partial charge in [-0.05, 0) is 64.2 Å². The number of amides is 1. The van der Waals surface area contributed by atoms with Crippen LogP contribution in [0.1, 0.15) is 322 Å². The highest BCUT2D eigenvalue weighted by Crippen LogP contribution is 2.24. The highest BCUT2D eigenvalue weighted by atomic mass is 16.7. The Balaban J connectivity index is 2.13. The van der Waals surface area contributed by atoms with Crippen LogP contribution in [0, 0.1) is 0 Å². The maximum atomic E-state index is 13.1. The Morgan fingerprint density at radius 3 is 1.14 bits per heavy atom. The zero-order chi connectivity index (χ0) is 58.6. The molecule has 0 aliphatic carbocycles. The predicted molar refractivity (Wildman–Crippen MR) is 345 cm³/mol. The van der Waals surface area contributed by atoms with Gasteiger partial charge in [-0.15, -0.1) is 0 Å². The lowest BCUT2D eigenvalue weighted by Crippen LogP contribution is -2.60. The molecule has 1 aliphatic heterocycles. The lowest BCUT2D eigenvalue weighted by Gasteiger charge is -2.40. The van der Waals surface area contributed by atoms with E-state index in [9.17, 15) is 30.3 Å². The van der Waals surface area contributed by atoms with Crippen molar-refractivity contribution in [1.82, 2.24) is 5.32 Å². The van der Waals surface area contributed by atoms with Crippen molar-refractivity contribution >= 4 is 5.91 Å². The first-order valence-electron chi connectivity index (χ1n) is 34.6. The molecule has 0 radical (unpaired) electrons. The molecular weight excluding hydrogens is 1010 g/mol. The van der Waals surface area contributed by atoms with Crippen LogP contribution in [-0.4, -0.2) is 87.5 Å². The summed E-state index contributed by atoms with van der Waals surface area (Å²) in [5, 5.41) is 54.9. The Kier molecular flexibility index (Phi) is 57.5. The Morgan fingerprint density at radius 2 is 0.765 bits per heavy atom. The third kappa shape index (κ3) is 49.6. The molecule has 1 amide bonds. The molecule has 9 nitrogen and oxygen atoms in total. The Hall–Kier alpha value is -2.37. The van der Waals surface area contributed by atoms with E-state index in [4.69, 9.17) is 9.47 Å². The average Bonchev–Trinajstić information content (AvgIpc) is 3.49. The smallest absolute Gasteiger partial charge is 0.220 e. The number of carbonyl (C=O) groups is 1. The molecule has 7 unspecified atom stereocenters. The summed E-state index contributed by atoms with van der Waals surface area (Å²) in [4.78, 5) is 13.1. The van der Waals surface area contributed by atoms with Crippen molar-refractivity contribution in [2.45, 2.75) is 365 Å². The van der Waals surface area contributed by atoms with Crippen LogP contribution in [0.3, 0.4) is 0 Å². The molecular formula is C72H131NO8. The van der Waals surface area contributed by atoms with Gasteiger partial charge >= 0.3 is 0 Å². The quantitative estimate of drug-likeness (QED) is 0.0261. The Morgan fingerprint density at radius 1 is 0.432 bits per heavy atom. The van der Waals surface area contributed by atoms with Crippen molar-refractivity contribution in [3.05, 3.63) is 72.9 Å². The normalized spacial score (nSPS) is 18.8. The minimum Gasteiger partial charge on any atom is -0.394 e. The molecule has 81 heavy (non-hydrogen) atoms. The second-order valence-electron chi connectivity index (χ2n) is 23.9. The van der Waals surface area contributed by atoms with Crippen LogP contribution in [0.5, 0.6) is 0 Å². The summed E-state index contributed by atoms with van der Waals surface area (Å²) >= 11 is 0. The van der Waals surface area contributed by atoms with Crippen LogP contribution in [0.2, 0.25) is 0 Å². The molecule has 0 aromatic heterocycles. The Labute approximate surface area is 499 Å². The van der Waals surface area contributed by atoms with E-state index in [0.29, 0.717) is 12.8 Å². The maximum Gasteiger partial charge on any atom is 0.220 e. The van der Waals surface area contributed by atoms with E-state index in [1.165, 1.54) is 199 Å². The van der Waals surface area contributed by atoms with Crippen molar-refractivity contribution in [3.8, 4) is 0 Å². The largest absolute Gasteiger partial charge is 0.394 e. The second kappa shape index (κ2) is 60.7. The van der Waals surface area contributed by atoms with Gasteiger partial charge in [-0.25, -0.2) is 0 Å². The molecule has 6 N–H and O–H groups in total. The van der Waals surface area contributed by atoms with Crippen LogP contribution in [0.4, 0.5) is 0 Å². The minimum absolute atomic E-state index is 0.147. The summed E-state index contributed by atoms with van der Waals surface area (Å²) in [6.07, 6.45) is 78.2. The number of ether oxygens (including phenoxy) is 2. The van der Waals surface area contributed by atoms with E-state index in [1.54, 1.807) is 0 Å². The van der Waals surface area contributed by atoms with E-state index in [2.05, 4.69) is 92.1 Å². The van der Waals surface area contributed by atoms with Gasteiger partial charge in [-0.2, -0.15) is 0 Å². The lowest BCUT2D eigenvalue weighted by molar-refractivity contribution is -0.302. The molecule has 0 bridgehead atoms. The van der Waals surface area contributed by atoms with E-state index in [1.807, 2.05) is 0 Å². The first-order chi connectivity index (χ1) is 39.8. The molecule has 0 aromatic carbocycles. The monoisotopic (exact) mass is 1140 g/mol. The van der Waals surface area contributed by atoms with Crippen molar-refractivity contribution in [1.29, 1.82) is 0 Å². The number of hydrogen-bond donors (Lipinski definition) is 6. The summed E-state index contributed by atoms with van der Waals surface area (Å²) in [6.45, 7) is 3.75. The number of nitrogens with one attached hydrogen (secondary N) is 1. The van der Waals surface area contributed by atoms with Crippen LogP contribution in [0.25, 0.3) is 0 Å². The molecule has 1 heterocycles. The van der Waals surface area contributed by atoms with Gasteiger partial charge in [0, 0.05) is 6.42 Å². The summed E-state index contributed by atoms with van der Waals surface area (Å²) in [6, 6.07) is -0.734. The summed E-state index contributed by atoms with van der Waals surface area (Å²) in [5.74, 6) is -0.157. The number of rotatable bonds is 60. The summed E-state index contributed by atoms with van der Waals surface area (Å²) < 4.78 is 11.4. The van der Waals surface area contributed by atoms with Gasteiger partial charge in [0.2, 0.25) is 5.91 Å². The van der Waals surface area contributed by atoms with Crippen LogP contribution >= 0.6 is 0 Å². The van der Waals surface area contributed by atoms with E-state index < -0.39 is 49.5 Å². The third-order valence-corrected chi connectivity index (χ3v) is 16.3. The highest BCUT2D eigenvalue weighted by Gasteiger charge is 2.44. The second-order valence-corrected chi connectivity index (χ2v) is 23.9. The fraction of sp³-hybridized carbons (Fsp3) is 0.819. The molecule has 0 saturated carbocycles. The molecule has 472 valence electrons. The van der Waals surface area contributed by atoms with E-state index >= 15 is 0 Å². The third-order valence-electron chi connectivity index (χ3n) is 16.3. The maximum absolute atomic E-state index is 13.1. The lowest BCUT2D eigenvalue weighted by atomic mass is 9.99. The zero-order valence-electron chi connectivity index (χ0n) is 52.8. The topological polar surface area (TPSA) is 149 Å². The molecule has 0 aromatic rings. The molecule has 1 fully saturated rings. The van der Waals surface area contributed by atoms with Gasteiger partial charge in [0.05, 0.1) is 25.4 Å². The molecule has 7 atom stereocenters. The van der Waals surface area contributed by atoms with Crippen molar-refractivity contribution in [3.63, 3.8) is 0 Å². The summed E-state index contributed by atoms with van der Waals surface area (Å²) in [5.41, 5.74) is 0. The molecule has 1 saturated heterocycles. The van der Waals surface area contributed by atoms with Gasteiger partial charge in [0.15, 0.2) is 6.29 Å². The first kappa shape index (κ1) is 76.6. The van der Waals surface area contributed by atoms with Gasteiger partial charge < -0.3 is 40.3 Å². The number of allylic oxidation sites excluding steroid dienone is 12. The van der Waals surface area contributed by atoms with Gasteiger partial charge in [0.25, 0.3) is 0 Å². The van der Waals surface area contributed by atoms with E-state index in [-0.39, 0.29) is 12.5 Å².